The number of hydrogen-bond acceptors (Lipinski definition) is 3. The Morgan fingerprint density at radius 2 is 1.89 bits per heavy atom. The van der Waals surface area contributed by atoms with Crippen LogP contribution in [-0.2, 0) is 20.5 Å². The molecule has 1 aliphatic heterocycles. The van der Waals surface area contributed by atoms with Gasteiger partial charge in [0.25, 0.3) is 0 Å². The highest BCUT2D eigenvalue weighted by molar-refractivity contribution is 6.74. The Morgan fingerprint density at radius 1 is 1.18 bits per heavy atom. The Hall–Kier alpha value is -0.943. The molecule has 1 aromatic rings. The summed E-state index contributed by atoms with van der Waals surface area (Å²) in [6, 6.07) is 10.4. The van der Waals surface area contributed by atoms with Crippen LogP contribution in [0.5, 0.6) is 0 Å². The summed E-state index contributed by atoms with van der Waals surface area (Å²) in [7, 11) is -1.67. The molecule has 28 heavy (non-hydrogen) atoms. The fourth-order valence-electron chi connectivity index (χ4n) is 3.16. The van der Waals surface area contributed by atoms with Crippen LogP contribution in [0.1, 0.15) is 52.5 Å². The lowest BCUT2D eigenvalue weighted by Crippen LogP contribution is -2.41. The van der Waals surface area contributed by atoms with E-state index in [1.54, 1.807) is 0 Å². The van der Waals surface area contributed by atoms with E-state index < -0.39 is 8.32 Å². The van der Waals surface area contributed by atoms with Crippen LogP contribution in [0.15, 0.2) is 42.5 Å². The third kappa shape index (κ3) is 7.82. The van der Waals surface area contributed by atoms with E-state index in [9.17, 15) is 0 Å². The van der Waals surface area contributed by atoms with E-state index in [1.807, 2.05) is 6.07 Å². The second kappa shape index (κ2) is 10.7. The first-order valence-electron chi connectivity index (χ1n) is 10.7. The van der Waals surface area contributed by atoms with Crippen molar-refractivity contribution < 1.29 is 13.9 Å². The van der Waals surface area contributed by atoms with Crippen LogP contribution in [-0.4, -0.2) is 33.7 Å². The summed E-state index contributed by atoms with van der Waals surface area (Å²) in [5, 5.41) is 0.258. The highest BCUT2D eigenvalue weighted by atomic mass is 28.4. The van der Waals surface area contributed by atoms with Crippen molar-refractivity contribution in [3.8, 4) is 0 Å². The van der Waals surface area contributed by atoms with Gasteiger partial charge in [-0.3, -0.25) is 0 Å². The summed E-state index contributed by atoms with van der Waals surface area (Å²) in [5.41, 5.74) is 1.23. The molecule has 0 aromatic heterocycles. The molecule has 0 unspecified atom stereocenters. The van der Waals surface area contributed by atoms with E-state index in [0.29, 0.717) is 12.5 Å². The van der Waals surface area contributed by atoms with Gasteiger partial charge in [-0.25, -0.2) is 0 Å². The van der Waals surface area contributed by atoms with Crippen molar-refractivity contribution in [2.24, 2.45) is 5.92 Å². The molecule has 0 radical (unpaired) electrons. The molecule has 3 atom stereocenters. The summed E-state index contributed by atoms with van der Waals surface area (Å²) >= 11 is 0. The fraction of sp³-hybridized carbons (Fsp3) is 0.667. The van der Waals surface area contributed by atoms with Gasteiger partial charge in [-0.2, -0.15) is 0 Å². The third-order valence-electron chi connectivity index (χ3n) is 5.97. The molecule has 0 spiro atoms. The molecular weight excluding hydrogens is 364 g/mol. The van der Waals surface area contributed by atoms with Gasteiger partial charge in [-0.05, 0) is 48.9 Å². The Morgan fingerprint density at radius 3 is 2.57 bits per heavy atom. The lowest BCUT2D eigenvalue weighted by Gasteiger charge is -2.36. The summed E-state index contributed by atoms with van der Waals surface area (Å²) < 4.78 is 18.5. The Bertz CT molecular complexity index is 592. The zero-order chi connectivity index (χ0) is 20.6. The maximum absolute atomic E-state index is 6.32. The normalized spacial score (nSPS) is 21.6. The molecule has 158 valence electrons. The molecule has 1 aromatic carbocycles. The first-order chi connectivity index (χ1) is 13.2. The SMILES string of the molecule is C[C@@H](COCc1ccccc1)C[C@@H]1CC=C[C@@H](CCO[Si](C)(C)C(C)(C)C)O1. The second-order valence-corrected chi connectivity index (χ2v) is 14.5. The van der Waals surface area contributed by atoms with Gasteiger partial charge >= 0.3 is 0 Å². The number of hydrogen-bond donors (Lipinski definition) is 0. The van der Waals surface area contributed by atoms with Crippen LogP contribution < -0.4 is 0 Å². The summed E-state index contributed by atoms with van der Waals surface area (Å²) in [6.07, 6.45) is 7.95. The topological polar surface area (TPSA) is 27.7 Å². The van der Waals surface area contributed by atoms with Gasteiger partial charge in [0.2, 0.25) is 0 Å². The molecule has 0 amide bonds. The zero-order valence-electron chi connectivity index (χ0n) is 18.7. The van der Waals surface area contributed by atoms with E-state index in [0.717, 1.165) is 32.5 Å². The summed E-state index contributed by atoms with van der Waals surface area (Å²) in [5.74, 6) is 0.490. The zero-order valence-corrected chi connectivity index (χ0v) is 19.7. The molecule has 0 fully saturated rings. The summed E-state index contributed by atoms with van der Waals surface area (Å²) in [4.78, 5) is 0. The quantitative estimate of drug-likeness (QED) is 0.336. The van der Waals surface area contributed by atoms with E-state index in [4.69, 9.17) is 13.9 Å². The number of benzene rings is 1. The van der Waals surface area contributed by atoms with Crippen molar-refractivity contribution in [3.63, 3.8) is 0 Å². The molecule has 3 nitrogen and oxygen atoms in total. The van der Waals surface area contributed by atoms with Crippen LogP contribution in [0.25, 0.3) is 0 Å². The predicted octanol–water partition coefficient (Wildman–Crippen LogP) is 6.36. The monoisotopic (exact) mass is 404 g/mol. The Balaban J connectivity index is 1.66. The van der Waals surface area contributed by atoms with Crippen LogP contribution in [0.2, 0.25) is 18.1 Å². The maximum Gasteiger partial charge on any atom is 0.191 e. The van der Waals surface area contributed by atoms with Crippen molar-refractivity contribution >= 4 is 8.32 Å². The van der Waals surface area contributed by atoms with E-state index in [1.165, 1.54) is 5.56 Å². The maximum atomic E-state index is 6.32. The molecule has 0 aliphatic carbocycles. The van der Waals surface area contributed by atoms with Gasteiger partial charge in [-0.15, -0.1) is 0 Å². The van der Waals surface area contributed by atoms with Gasteiger partial charge in [0, 0.05) is 13.2 Å². The standard InChI is InChI=1S/C24H40O3Si/c1-20(18-25-19-21-11-8-7-9-12-21)17-23-14-10-13-22(27-23)15-16-26-28(5,6)24(2,3)4/h7-13,20,22-23H,14-19H2,1-6H3/t20-,22+,23+/m1/s1. The second-order valence-electron chi connectivity index (χ2n) is 9.70. The molecule has 0 N–H and O–H groups in total. The molecule has 1 aliphatic rings. The first kappa shape index (κ1) is 23.3. The molecule has 0 saturated heterocycles. The smallest absolute Gasteiger partial charge is 0.191 e. The molecule has 0 saturated carbocycles. The molecule has 4 heteroatoms. The average molecular weight is 405 g/mol. The lowest BCUT2D eigenvalue weighted by atomic mass is 9.99. The number of rotatable bonds is 10. The van der Waals surface area contributed by atoms with Crippen molar-refractivity contribution in [1.29, 1.82) is 0 Å². The van der Waals surface area contributed by atoms with Crippen molar-refractivity contribution in [2.45, 2.75) is 83.9 Å². The summed E-state index contributed by atoms with van der Waals surface area (Å²) in [6.45, 7) is 16.0. The van der Waals surface area contributed by atoms with E-state index in [-0.39, 0.29) is 17.2 Å². The van der Waals surface area contributed by atoms with Crippen molar-refractivity contribution in [1.82, 2.24) is 0 Å². The number of ether oxygens (including phenoxy) is 2. The van der Waals surface area contributed by atoms with Crippen LogP contribution >= 0.6 is 0 Å². The van der Waals surface area contributed by atoms with Gasteiger partial charge in [0.15, 0.2) is 8.32 Å². The van der Waals surface area contributed by atoms with Gasteiger partial charge in [0.05, 0.1) is 18.8 Å². The minimum absolute atomic E-state index is 0.181. The fourth-order valence-corrected chi connectivity index (χ4v) is 4.22. The Labute approximate surface area is 173 Å². The van der Waals surface area contributed by atoms with Crippen molar-refractivity contribution in [3.05, 3.63) is 48.0 Å². The molecule has 2 rings (SSSR count). The van der Waals surface area contributed by atoms with Crippen molar-refractivity contribution in [2.75, 3.05) is 13.2 Å². The largest absolute Gasteiger partial charge is 0.417 e. The molecular formula is C24H40O3Si. The average Bonchev–Trinajstić information content (AvgIpc) is 2.62. The highest BCUT2D eigenvalue weighted by Gasteiger charge is 2.37. The van der Waals surface area contributed by atoms with Gasteiger partial charge in [0.1, 0.15) is 0 Å². The van der Waals surface area contributed by atoms with Gasteiger partial charge < -0.3 is 13.9 Å². The molecule has 0 bridgehead atoms. The predicted molar refractivity (Wildman–Crippen MR) is 120 cm³/mol. The minimum Gasteiger partial charge on any atom is -0.417 e. The molecule has 1 heterocycles. The lowest BCUT2D eigenvalue weighted by molar-refractivity contribution is -0.0234. The van der Waals surface area contributed by atoms with Crippen LogP contribution in [0.4, 0.5) is 0 Å². The Kier molecular flexibility index (Phi) is 8.94. The minimum atomic E-state index is -1.67. The van der Waals surface area contributed by atoms with Crippen LogP contribution in [0.3, 0.4) is 0 Å². The van der Waals surface area contributed by atoms with Crippen LogP contribution in [0, 0.1) is 5.92 Å². The first-order valence-corrected chi connectivity index (χ1v) is 13.7. The van der Waals surface area contributed by atoms with E-state index >= 15 is 0 Å². The van der Waals surface area contributed by atoms with E-state index in [2.05, 4.69) is 77.2 Å². The third-order valence-corrected chi connectivity index (χ3v) is 10.5. The highest BCUT2D eigenvalue weighted by Crippen LogP contribution is 2.36. The van der Waals surface area contributed by atoms with Gasteiger partial charge in [-0.1, -0.05) is 70.2 Å².